The minimum absolute atomic E-state index is 0. The summed E-state index contributed by atoms with van der Waals surface area (Å²) >= 11 is 0. The fraction of sp³-hybridized carbons (Fsp3) is 0.350. The van der Waals surface area contributed by atoms with Crippen LogP contribution < -0.4 is 10.6 Å². The molecule has 2 aromatic rings. The zero-order valence-corrected chi connectivity index (χ0v) is 19.4. The number of sulfone groups is 1. The zero-order valence-electron chi connectivity index (χ0n) is 16.2. The Morgan fingerprint density at radius 3 is 2.19 bits per heavy atom. The first-order chi connectivity index (χ1) is 12.3. The van der Waals surface area contributed by atoms with Crippen LogP contribution in [0.4, 0.5) is 0 Å². The fourth-order valence-corrected chi connectivity index (χ4v) is 3.59. The number of aryl methyl sites for hydroxylation is 2. The van der Waals surface area contributed by atoms with Crippen LogP contribution in [0.15, 0.2) is 52.4 Å². The van der Waals surface area contributed by atoms with E-state index >= 15 is 0 Å². The molecule has 0 aromatic heterocycles. The van der Waals surface area contributed by atoms with E-state index in [4.69, 9.17) is 0 Å². The van der Waals surface area contributed by atoms with E-state index in [-0.39, 0.29) is 24.0 Å². The Morgan fingerprint density at radius 1 is 1.00 bits per heavy atom. The van der Waals surface area contributed by atoms with E-state index in [1.807, 2.05) is 26.0 Å². The molecule has 0 aliphatic rings. The summed E-state index contributed by atoms with van der Waals surface area (Å²) in [6.45, 7) is 7.84. The molecule has 0 aliphatic carbocycles. The van der Waals surface area contributed by atoms with Gasteiger partial charge in [-0.1, -0.05) is 42.0 Å². The lowest BCUT2D eigenvalue weighted by Crippen LogP contribution is -2.36. The quantitative estimate of drug-likeness (QED) is 0.361. The van der Waals surface area contributed by atoms with Crippen LogP contribution >= 0.6 is 24.0 Å². The molecular formula is C20H28IN3O2S. The summed E-state index contributed by atoms with van der Waals surface area (Å²) in [5.74, 6) is 0.734. The Kier molecular flexibility index (Phi) is 9.25. The molecule has 5 nitrogen and oxygen atoms in total. The SMILES string of the molecule is CCNC(=NCc1ccc(S(C)(=O)=O)c(C)c1)NCc1ccc(C)cc1.I. The number of guanidine groups is 1. The number of nitrogens with zero attached hydrogens (tertiary/aromatic N) is 1. The van der Waals surface area contributed by atoms with Crippen LogP contribution in [0.2, 0.25) is 0 Å². The van der Waals surface area contributed by atoms with Gasteiger partial charge in [-0.3, -0.25) is 0 Å². The molecule has 2 N–H and O–H groups in total. The van der Waals surface area contributed by atoms with E-state index in [1.54, 1.807) is 6.07 Å². The molecule has 0 heterocycles. The average molecular weight is 501 g/mol. The minimum Gasteiger partial charge on any atom is -0.357 e. The lowest BCUT2D eigenvalue weighted by atomic mass is 10.1. The molecule has 0 saturated heterocycles. The molecular weight excluding hydrogens is 473 g/mol. The van der Waals surface area contributed by atoms with Crippen molar-refractivity contribution in [2.45, 2.75) is 38.8 Å². The maximum atomic E-state index is 11.7. The van der Waals surface area contributed by atoms with Crippen LogP contribution in [0.5, 0.6) is 0 Å². The van der Waals surface area contributed by atoms with Crippen LogP contribution in [0.1, 0.15) is 29.2 Å². The predicted octanol–water partition coefficient (Wildman–Crippen LogP) is 3.58. The highest BCUT2D eigenvalue weighted by atomic mass is 127. The monoisotopic (exact) mass is 501 g/mol. The van der Waals surface area contributed by atoms with E-state index in [2.05, 4.69) is 46.8 Å². The van der Waals surface area contributed by atoms with Gasteiger partial charge in [0.05, 0.1) is 11.4 Å². The van der Waals surface area contributed by atoms with Gasteiger partial charge >= 0.3 is 0 Å². The second-order valence-corrected chi connectivity index (χ2v) is 8.39. The molecule has 0 atom stereocenters. The molecule has 7 heteroatoms. The van der Waals surface area contributed by atoms with Crippen LogP contribution in [0.25, 0.3) is 0 Å². The van der Waals surface area contributed by atoms with Gasteiger partial charge in [-0.2, -0.15) is 0 Å². The Balaban J connectivity index is 0.00000364. The zero-order chi connectivity index (χ0) is 19.2. The summed E-state index contributed by atoms with van der Waals surface area (Å²) in [5.41, 5.74) is 4.15. The highest BCUT2D eigenvalue weighted by Gasteiger charge is 2.10. The molecule has 0 bridgehead atoms. The number of halogens is 1. The molecule has 148 valence electrons. The topological polar surface area (TPSA) is 70.6 Å². The molecule has 0 saturated carbocycles. The van der Waals surface area contributed by atoms with Gasteiger partial charge in [0.2, 0.25) is 0 Å². The van der Waals surface area contributed by atoms with E-state index in [0.29, 0.717) is 18.0 Å². The Labute approximate surface area is 179 Å². The normalized spacial score (nSPS) is 11.6. The van der Waals surface area contributed by atoms with Crippen molar-refractivity contribution < 1.29 is 8.42 Å². The van der Waals surface area contributed by atoms with Crippen molar-refractivity contribution in [2.24, 2.45) is 4.99 Å². The standard InChI is InChI=1S/C20H27N3O2S.HI/c1-5-21-20(22-13-17-8-6-15(2)7-9-17)23-14-18-10-11-19(16(3)12-18)26(4,24)25;/h6-12H,5,13-14H2,1-4H3,(H2,21,22,23);1H. The molecule has 0 spiro atoms. The Bertz CT molecular complexity index is 879. The summed E-state index contributed by atoms with van der Waals surface area (Å²) in [5, 5.41) is 6.55. The van der Waals surface area contributed by atoms with Gasteiger partial charge in [0.15, 0.2) is 15.8 Å². The van der Waals surface area contributed by atoms with Gasteiger partial charge < -0.3 is 10.6 Å². The van der Waals surface area contributed by atoms with Crippen molar-refractivity contribution in [2.75, 3.05) is 12.8 Å². The van der Waals surface area contributed by atoms with Crippen LogP contribution in [-0.2, 0) is 22.9 Å². The van der Waals surface area contributed by atoms with Crippen LogP contribution in [-0.4, -0.2) is 27.2 Å². The molecule has 2 aromatic carbocycles. The Morgan fingerprint density at radius 2 is 1.63 bits per heavy atom. The number of aliphatic imine (C=N–C) groups is 1. The second kappa shape index (κ2) is 10.7. The van der Waals surface area contributed by atoms with Gasteiger partial charge in [0, 0.05) is 19.3 Å². The van der Waals surface area contributed by atoms with Gasteiger partial charge in [-0.05, 0) is 43.5 Å². The first-order valence-electron chi connectivity index (χ1n) is 8.67. The molecule has 2 rings (SSSR count). The van der Waals surface area contributed by atoms with Gasteiger partial charge in [-0.15, -0.1) is 24.0 Å². The maximum absolute atomic E-state index is 11.7. The number of hydrogen-bond acceptors (Lipinski definition) is 3. The number of rotatable bonds is 6. The summed E-state index contributed by atoms with van der Waals surface area (Å²) in [7, 11) is -3.19. The van der Waals surface area contributed by atoms with Gasteiger partial charge in [0.1, 0.15) is 0 Å². The van der Waals surface area contributed by atoms with Crippen molar-refractivity contribution in [3.63, 3.8) is 0 Å². The van der Waals surface area contributed by atoms with Crippen molar-refractivity contribution in [1.82, 2.24) is 10.6 Å². The third-order valence-electron chi connectivity index (χ3n) is 3.98. The molecule has 0 radical (unpaired) electrons. The van der Waals surface area contributed by atoms with Gasteiger partial charge in [-0.25, -0.2) is 13.4 Å². The second-order valence-electron chi connectivity index (χ2n) is 6.41. The van der Waals surface area contributed by atoms with E-state index in [9.17, 15) is 8.42 Å². The Hall–Kier alpha value is -1.61. The molecule has 0 amide bonds. The van der Waals surface area contributed by atoms with Crippen molar-refractivity contribution >= 4 is 39.8 Å². The average Bonchev–Trinajstić information content (AvgIpc) is 2.57. The molecule has 27 heavy (non-hydrogen) atoms. The first-order valence-corrected chi connectivity index (χ1v) is 10.6. The van der Waals surface area contributed by atoms with Gasteiger partial charge in [0.25, 0.3) is 0 Å². The summed E-state index contributed by atoms with van der Waals surface area (Å²) in [6, 6.07) is 13.7. The third-order valence-corrected chi connectivity index (χ3v) is 5.24. The van der Waals surface area contributed by atoms with E-state index in [1.165, 1.54) is 17.4 Å². The molecule has 0 fully saturated rings. The summed E-state index contributed by atoms with van der Waals surface area (Å²) in [6.07, 6.45) is 1.23. The molecule has 0 unspecified atom stereocenters. The van der Waals surface area contributed by atoms with E-state index < -0.39 is 9.84 Å². The lowest BCUT2D eigenvalue weighted by molar-refractivity contribution is 0.601. The minimum atomic E-state index is -3.19. The fourth-order valence-electron chi connectivity index (χ4n) is 2.63. The van der Waals surface area contributed by atoms with Crippen LogP contribution in [0.3, 0.4) is 0 Å². The third kappa shape index (κ3) is 7.50. The van der Waals surface area contributed by atoms with Crippen molar-refractivity contribution in [3.8, 4) is 0 Å². The smallest absolute Gasteiger partial charge is 0.191 e. The largest absolute Gasteiger partial charge is 0.357 e. The van der Waals surface area contributed by atoms with E-state index in [0.717, 1.165) is 23.6 Å². The lowest BCUT2D eigenvalue weighted by Gasteiger charge is -2.12. The highest BCUT2D eigenvalue weighted by molar-refractivity contribution is 14.0. The number of benzene rings is 2. The summed E-state index contributed by atoms with van der Waals surface area (Å²) < 4.78 is 23.4. The number of hydrogen-bond donors (Lipinski definition) is 2. The predicted molar refractivity (Wildman–Crippen MR) is 123 cm³/mol. The number of nitrogens with one attached hydrogen (secondary N) is 2. The van der Waals surface area contributed by atoms with Crippen molar-refractivity contribution in [3.05, 3.63) is 64.7 Å². The van der Waals surface area contributed by atoms with Crippen molar-refractivity contribution in [1.29, 1.82) is 0 Å². The maximum Gasteiger partial charge on any atom is 0.191 e. The molecule has 0 aliphatic heterocycles. The summed E-state index contributed by atoms with van der Waals surface area (Å²) in [4.78, 5) is 4.96. The highest BCUT2D eigenvalue weighted by Crippen LogP contribution is 2.17. The van der Waals surface area contributed by atoms with Crippen LogP contribution in [0, 0.1) is 13.8 Å². The first kappa shape index (κ1) is 23.4.